The van der Waals surface area contributed by atoms with Crippen molar-refractivity contribution in [2.75, 3.05) is 20.1 Å². The zero-order valence-corrected chi connectivity index (χ0v) is 13.2. The fourth-order valence-corrected chi connectivity index (χ4v) is 3.46. The lowest BCUT2D eigenvalue weighted by atomic mass is 9.79. The molecule has 1 heterocycles. The molecule has 4 heteroatoms. The van der Waals surface area contributed by atoms with E-state index in [4.69, 9.17) is 0 Å². The minimum absolute atomic E-state index is 0. The van der Waals surface area contributed by atoms with Crippen LogP contribution in [0.15, 0.2) is 0 Å². The summed E-state index contributed by atoms with van der Waals surface area (Å²) < 4.78 is 0. The van der Waals surface area contributed by atoms with E-state index in [0.29, 0.717) is 17.9 Å². The molecule has 2 unspecified atom stereocenters. The predicted octanol–water partition coefficient (Wildman–Crippen LogP) is 2.84. The van der Waals surface area contributed by atoms with Crippen molar-refractivity contribution in [3.63, 3.8) is 0 Å². The van der Waals surface area contributed by atoms with Crippen LogP contribution in [0.5, 0.6) is 0 Å². The van der Waals surface area contributed by atoms with Gasteiger partial charge in [0, 0.05) is 26.1 Å². The lowest BCUT2D eigenvalue weighted by Crippen LogP contribution is -2.39. The van der Waals surface area contributed by atoms with Crippen LogP contribution < -0.4 is 5.32 Å². The van der Waals surface area contributed by atoms with Gasteiger partial charge in [-0.05, 0) is 24.8 Å². The van der Waals surface area contributed by atoms with E-state index in [1.165, 1.54) is 32.1 Å². The molecule has 3 nitrogen and oxygen atoms in total. The topological polar surface area (TPSA) is 32.3 Å². The van der Waals surface area contributed by atoms with Gasteiger partial charge in [0.1, 0.15) is 0 Å². The highest BCUT2D eigenvalue weighted by atomic mass is 35.5. The molecule has 0 radical (unpaired) electrons. The molecule has 1 aliphatic carbocycles. The summed E-state index contributed by atoms with van der Waals surface area (Å²) in [6, 6.07) is 0.427. The molecule has 2 atom stereocenters. The summed E-state index contributed by atoms with van der Waals surface area (Å²) >= 11 is 0. The standard InChI is InChI=1S/C15H28N2O.ClH/c1-12(13-6-4-3-5-7-13)10-15(18)17(2)14-8-9-16-11-14;/h12-14,16H,3-11H2,1-2H3;1H. The number of halogens is 1. The van der Waals surface area contributed by atoms with E-state index in [1.807, 2.05) is 11.9 Å². The van der Waals surface area contributed by atoms with E-state index in [1.54, 1.807) is 0 Å². The zero-order chi connectivity index (χ0) is 13.0. The maximum absolute atomic E-state index is 12.3. The molecule has 2 fully saturated rings. The van der Waals surface area contributed by atoms with Crippen LogP contribution in [0.1, 0.15) is 51.9 Å². The Morgan fingerprint density at radius 3 is 2.53 bits per heavy atom. The minimum atomic E-state index is 0. The number of nitrogens with one attached hydrogen (secondary N) is 1. The lowest BCUT2D eigenvalue weighted by molar-refractivity contribution is -0.133. The highest BCUT2D eigenvalue weighted by Crippen LogP contribution is 2.31. The molecule has 1 N–H and O–H groups in total. The van der Waals surface area contributed by atoms with Gasteiger partial charge in [-0.25, -0.2) is 0 Å². The van der Waals surface area contributed by atoms with Gasteiger partial charge < -0.3 is 10.2 Å². The van der Waals surface area contributed by atoms with Crippen molar-refractivity contribution in [1.29, 1.82) is 0 Å². The van der Waals surface area contributed by atoms with E-state index in [0.717, 1.165) is 31.8 Å². The van der Waals surface area contributed by atoms with Crippen LogP contribution in [0.2, 0.25) is 0 Å². The molecule has 0 aromatic carbocycles. The van der Waals surface area contributed by atoms with Gasteiger partial charge in [-0.3, -0.25) is 4.79 Å². The first-order valence-corrected chi connectivity index (χ1v) is 7.65. The Balaban J connectivity index is 0.00000180. The van der Waals surface area contributed by atoms with Gasteiger partial charge in [-0.1, -0.05) is 39.0 Å². The zero-order valence-electron chi connectivity index (χ0n) is 12.4. The molecule has 0 bridgehead atoms. The third kappa shape index (κ3) is 4.64. The SMILES string of the molecule is CC(CC(=O)N(C)C1CCNC1)C1CCCCC1.Cl. The third-order valence-electron chi connectivity index (χ3n) is 4.93. The predicted molar refractivity (Wildman–Crippen MR) is 81.6 cm³/mol. The first-order valence-electron chi connectivity index (χ1n) is 7.65. The molecule has 2 aliphatic rings. The van der Waals surface area contributed by atoms with Crippen molar-refractivity contribution in [1.82, 2.24) is 10.2 Å². The lowest BCUT2D eigenvalue weighted by Gasteiger charge is -2.30. The maximum Gasteiger partial charge on any atom is 0.222 e. The van der Waals surface area contributed by atoms with Gasteiger partial charge in [-0.2, -0.15) is 0 Å². The Hall–Kier alpha value is -0.280. The second-order valence-electron chi connectivity index (χ2n) is 6.23. The number of likely N-dealkylation sites (N-methyl/N-ethyl adjacent to an activating group) is 1. The van der Waals surface area contributed by atoms with Crippen LogP contribution >= 0.6 is 12.4 Å². The summed E-state index contributed by atoms with van der Waals surface area (Å²) in [5.41, 5.74) is 0. The number of hydrogen-bond acceptors (Lipinski definition) is 2. The summed E-state index contributed by atoms with van der Waals surface area (Å²) in [6.45, 7) is 4.30. The fourth-order valence-electron chi connectivity index (χ4n) is 3.46. The Bertz CT molecular complexity index is 273. The summed E-state index contributed by atoms with van der Waals surface area (Å²) in [4.78, 5) is 14.3. The third-order valence-corrected chi connectivity index (χ3v) is 4.93. The molecule has 1 saturated carbocycles. The van der Waals surface area contributed by atoms with Crippen molar-refractivity contribution in [3.05, 3.63) is 0 Å². The summed E-state index contributed by atoms with van der Waals surface area (Å²) in [7, 11) is 1.98. The highest BCUT2D eigenvalue weighted by Gasteiger charge is 2.27. The number of rotatable bonds is 4. The fraction of sp³-hybridized carbons (Fsp3) is 0.933. The van der Waals surface area contributed by atoms with Crippen LogP contribution in [0.25, 0.3) is 0 Å². The van der Waals surface area contributed by atoms with E-state index >= 15 is 0 Å². The monoisotopic (exact) mass is 288 g/mol. The van der Waals surface area contributed by atoms with Gasteiger partial charge in [0.2, 0.25) is 5.91 Å². The first-order chi connectivity index (χ1) is 8.68. The van der Waals surface area contributed by atoms with Crippen LogP contribution in [0.3, 0.4) is 0 Å². The molecule has 1 amide bonds. The molecule has 1 aliphatic heterocycles. The van der Waals surface area contributed by atoms with Crippen LogP contribution in [-0.2, 0) is 4.79 Å². The van der Waals surface area contributed by atoms with Crippen molar-refractivity contribution in [3.8, 4) is 0 Å². The summed E-state index contributed by atoms with van der Waals surface area (Å²) in [5.74, 6) is 1.70. The molecule has 1 saturated heterocycles. The molecule has 0 aromatic rings. The number of nitrogens with zero attached hydrogens (tertiary/aromatic N) is 1. The Labute approximate surface area is 123 Å². The molecule has 0 aromatic heterocycles. The van der Waals surface area contributed by atoms with Crippen LogP contribution in [-0.4, -0.2) is 37.0 Å². The Morgan fingerprint density at radius 1 is 1.26 bits per heavy atom. The minimum Gasteiger partial charge on any atom is -0.341 e. The summed E-state index contributed by atoms with van der Waals surface area (Å²) in [5, 5.41) is 3.33. The van der Waals surface area contributed by atoms with Gasteiger partial charge in [0.25, 0.3) is 0 Å². The van der Waals surface area contributed by atoms with Crippen molar-refractivity contribution in [2.24, 2.45) is 11.8 Å². The molecular formula is C15H29ClN2O. The van der Waals surface area contributed by atoms with Crippen LogP contribution in [0.4, 0.5) is 0 Å². The molecule has 2 rings (SSSR count). The van der Waals surface area contributed by atoms with Crippen LogP contribution in [0, 0.1) is 11.8 Å². The smallest absolute Gasteiger partial charge is 0.222 e. The van der Waals surface area contributed by atoms with E-state index in [2.05, 4.69) is 12.2 Å². The van der Waals surface area contributed by atoms with Crippen molar-refractivity contribution >= 4 is 18.3 Å². The largest absolute Gasteiger partial charge is 0.341 e. The Kier molecular flexibility index (Phi) is 7.16. The van der Waals surface area contributed by atoms with Gasteiger partial charge >= 0.3 is 0 Å². The second kappa shape index (κ2) is 8.11. The molecular weight excluding hydrogens is 260 g/mol. The normalized spacial score (nSPS) is 25.7. The quantitative estimate of drug-likeness (QED) is 0.863. The maximum atomic E-state index is 12.3. The molecule has 19 heavy (non-hydrogen) atoms. The number of carbonyl (C=O) groups is 1. The number of hydrogen-bond donors (Lipinski definition) is 1. The Morgan fingerprint density at radius 2 is 1.95 bits per heavy atom. The first kappa shape index (κ1) is 16.8. The average Bonchev–Trinajstić information content (AvgIpc) is 2.92. The van der Waals surface area contributed by atoms with E-state index in [9.17, 15) is 4.79 Å². The molecule has 0 spiro atoms. The average molecular weight is 289 g/mol. The number of carbonyl (C=O) groups excluding carboxylic acids is 1. The molecule has 112 valence electrons. The van der Waals surface area contributed by atoms with E-state index in [-0.39, 0.29) is 12.4 Å². The second-order valence-corrected chi connectivity index (χ2v) is 6.23. The van der Waals surface area contributed by atoms with Gasteiger partial charge in [-0.15, -0.1) is 12.4 Å². The summed E-state index contributed by atoms with van der Waals surface area (Å²) in [6.07, 6.45) is 8.66. The van der Waals surface area contributed by atoms with Crippen molar-refractivity contribution in [2.45, 2.75) is 57.9 Å². The number of amides is 1. The highest BCUT2D eigenvalue weighted by molar-refractivity contribution is 5.85. The van der Waals surface area contributed by atoms with Crippen molar-refractivity contribution < 1.29 is 4.79 Å². The van der Waals surface area contributed by atoms with E-state index < -0.39 is 0 Å². The van der Waals surface area contributed by atoms with Gasteiger partial charge in [0.15, 0.2) is 0 Å². The van der Waals surface area contributed by atoms with Gasteiger partial charge in [0.05, 0.1) is 0 Å².